The van der Waals surface area contributed by atoms with Crippen LogP contribution in [0, 0.1) is 19.9 Å². The van der Waals surface area contributed by atoms with Gasteiger partial charge in [0.1, 0.15) is 5.69 Å². The Balaban J connectivity index is 0.000000183. The second-order valence-corrected chi connectivity index (χ2v) is 9.84. The van der Waals surface area contributed by atoms with Crippen LogP contribution < -0.4 is 9.55 Å². The van der Waals surface area contributed by atoms with Crippen molar-refractivity contribution in [2.75, 3.05) is 0 Å². The van der Waals surface area contributed by atoms with E-state index in [1.54, 1.807) is 12.4 Å². The van der Waals surface area contributed by atoms with Crippen LogP contribution in [0.2, 0.25) is 0 Å². The van der Waals surface area contributed by atoms with Crippen molar-refractivity contribution >= 4 is 0 Å². The Labute approximate surface area is 232 Å². The number of hydrogen-bond acceptors (Lipinski definition) is 2. The molecule has 3 aromatic heterocycles. The van der Waals surface area contributed by atoms with Crippen LogP contribution in [0.5, 0.6) is 0 Å². The van der Waals surface area contributed by atoms with Crippen molar-refractivity contribution in [2.24, 2.45) is 7.05 Å². The van der Waals surface area contributed by atoms with Gasteiger partial charge in [0.25, 0.3) is 0 Å². The molecule has 2 aliphatic carbocycles. The maximum atomic E-state index is 5.13. The van der Waals surface area contributed by atoms with E-state index in [9.17, 15) is 0 Å². The number of pyridine rings is 1. The number of aryl methyl sites for hydroxylation is 3. The largest absolute Gasteiger partial charge is 2.00 e. The fraction of sp³-hybridized carbons (Fsp3) is 0.258. The van der Waals surface area contributed by atoms with E-state index in [2.05, 4.69) is 64.8 Å². The van der Waals surface area contributed by atoms with Crippen molar-refractivity contribution in [3.05, 3.63) is 108 Å². The van der Waals surface area contributed by atoms with Gasteiger partial charge in [0.2, 0.25) is 0 Å². The average molecular weight is 668 g/mol. The summed E-state index contributed by atoms with van der Waals surface area (Å²) in [5.41, 5.74) is 8.76. The zero-order chi connectivity index (χ0) is 24.6. The van der Waals surface area contributed by atoms with Crippen LogP contribution in [0.1, 0.15) is 53.6 Å². The normalized spacial score (nSPS) is 17.1. The maximum Gasteiger partial charge on any atom is 2.00 e. The van der Waals surface area contributed by atoms with Gasteiger partial charge in [-0.25, -0.2) is 4.98 Å². The van der Waals surface area contributed by atoms with Crippen molar-refractivity contribution in [1.82, 2.24) is 19.5 Å². The summed E-state index contributed by atoms with van der Waals surface area (Å²) in [6, 6.07) is 24.0. The third-order valence-corrected chi connectivity index (χ3v) is 7.48. The summed E-state index contributed by atoms with van der Waals surface area (Å²) in [5, 5.41) is 0. The van der Waals surface area contributed by atoms with Crippen LogP contribution in [-0.4, -0.2) is 14.5 Å². The Kier molecular flexibility index (Phi) is 7.26. The van der Waals surface area contributed by atoms with Gasteiger partial charge in [0.05, 0.1) is 11.5 Å². The van der Waals surface area contributed by atoms with Crippen molar-refractivity contribution in [2.45, 2.75) is 44.9 Å². The third-order valence-electron chi connectivity index (χ3n) is 7.48. The van der Waals surface area contributed by atoms with Crippen molar-refractivity contribution in [3.63, 3.8) is 0 Å². The van der Waals surface area contributed by atoms with Gasteiger partial charge in [-0.1, -0.05) is 24.3 Å². The Bertz CT molecular complexity index is 1480. The molecule has 0 amide bonds. The molecular weight excluding hydrogens is 637 g/mol. The molecule has 0 aliphatic heterocycles. The van der Waals surface area contributed by atoms with E-state index < -0.39 is 0 Å². The number of hydrogen-bond donors (Lipinski definition) is 0. The van der Waals surface area contributed by atoms with Crippen LogP contribution in [0.25, 0.3) is 28.6 Å². The summed E-state index contributed by atoms with van der Waals surface area (Å²) in [5.74, 6) is 3.30. The molecule has 1 fully saturated rings. The number of aromatic nitrogens is 5. The molecule has 2 aliphatic rings. The van der Waals surface area contributed by atoms with Gasteiger partial charge in [-0.3, -0.25) is 9.97 Å². The maximum absolute atomic E-state index is 5.13. The molecule has 7 rings (SSSR count). The van der Waals surface area contributed by atoms with E-state index in [1.807, 2.05) is 48.1 Å². The molecule has 2 aromatic carbocycles. The minimum atomic E-state index is 0. The van der Waals surface area contributed by atoms with E-state index in [0.717, 1.165) is 22.9 Å². The molecular formula is C31H30N5Pt+. The van der Waals surface area contributed by atoms with E-state index in [-0.39, 0.29) is 21.1 Å². The summed E-state index contributed by atoms with van der Waals surface area (Å²) < 4.78 is 4.40. The van der Waals surface area contributed by atoms with E-state index in [1.165, 1.54) is 47.5 Å². The van der Waals surface area contributed by atoms with E-state index in [4.69, 9.17) is 4.98 Å². The summed E-state index contributed by atoms with van der Waals surface area (Å²) in [6.45, 7) is 4.42. The first-order valence-corrected chi connectivity index (χ1v) is 12.7. The molecule has 5 aromatic rings. The molecule has 6 heteroatoms. The first-order valence-electron chi connectivity index (χ1n) is 12.7. The van der Waals surface area contributed by atoms with Gasteiger partial charge in [0.15, 0.2) is 5.82 Å². The summed E-state index contributed by atoms with van der Waals surface area (Å²) in [4.78, 5) is 13.5. The van der Waals surface area contributed by atoms with Crippen LogP contribution in [0.3, 0.4) is 0 Å². The molecule has 3 heterocycles. The number of rotatable bonds is 3. The molecule has 2 atom stereocenters. The van der Waals surface area contributed by atoms with Crippen molar-refractivity contribution in [1.29, 1.82) is 0 Å². The summed E-state index contributed by atoms with van der Waals surface area (Å²) >= 11 is 0. The molecule has 0 radical (unpaired) electrons. The number of benzene rings is 2. The molecule has 37 heavy (non-hydrogen) atoms. The van der Waals surface area contributed by atoms with Crippen molar-refractivity contribution in [3.8, 4) is 28.6 Å². The molecule has 2 unspecified atom stereocenters. The molecule has 2 bridgehead atoms. The Morgan fingerprint density at radius 3 is 2.43 bits per heavy atom. The average Bonchev–Trinajstić information content (AvgIpc) is 3.69. The zero-order valence-electron chi connectivity index (χ0n) is 21.3. The smallest absolute Gasteiger partial charge is 0.336 e. The van der Waals surface area contributed by atoms with Gasteiger partial charge < -0.3 is 9.13 Å². The van der Waals surface area contributed by atoms with Gasteiger partial charge in [-0.2, -0.15) is 0 Å². The topological polar surface area (TPSA) is 48.7 Å². The zero-order valence-corrected chi connectivity index (χ0v) is 23.6. The molecule has 0 N–H and O–H groups in total. The van der Waals surface area contributed by atoms with Crippen LogP contribution >= 0.6 is 0 Å². The predicted octanol–water partition coefficient (Wildman–Crippen LogP) is 5.85. The molecule has 188 valence electrons. The van der Waals surface area contributed by atoms with Gasteiger partial charge in [0, 0.05) is 48.9 Å². The minimum Gasteiger partial charge on any atom is -0.336 e. The monoisotopic (exact) mass is 667 g/mol. The molecule has 0 saturated heterocycles. The fourth-order valence-electron chi connectivity index (χ4n) is 5.83. The quantitative estimate of drug-likeness (QED) is 0.179. The van der Waals surface area contributed by atoms with E-state index >= 15 is 0 Å². The SMILES string of the molecule is C[n+]1cc[n-]c1-c1ccccn1.Cc1cccc(C)c1-n1c(-c2[c-]cccc2)nc2c1C1CCC2C1.[Pt+2]. The molecule has 1 saturated carbocycles. The van der Waals surface area contributed by atoms with Crippen molar-refractivity contribution < 1.29 is 25.6 Å². The number of fused-ring (bicyclic) bond motifs is 5. The Hall–Kier alpha value is -3.30. The third kappa shape index (κ3) is 4.62. The fourth-order valence-corrected chi connectivity index (χ4v) is 5.83. The summed E-state index contributed by atoms with van der Waals surface area (Å²) in [6.07, 6.45) is 9.35. The Morgan fingerprint density at radius 2 is 1.76 bits per heavy atom. The number of imidazole rings is 2. The Morgan fingerprint density at radius 1 is 0.973 bits per heavy atom. The number of nitrogens with zero attached hydrogens (tertiary/aromatic N) is 5. The second kappa shape index (κ2) is 10.6. The van der Waals surface area contributed by atoms with Gasteiger partial charge in [-0.05, 0) is 56.4 Å². The molecule has 5 nitrogen and oxygen atoms in total. The first kappa shape index (κ1) is 25.4. The number of para-hydroxylation sites is 1. The van der Waals surface area contributed by atoms with Crippen LogP contribution in [0.15, 0.2) is 79.3 Å². The van der Waals surface area contributed by atoms with E-state index in [0.29, 0.717) is 11.8 Å². The standard InChI is InChI=1S/C22H21N2.C9H9N3.Pt/c1-14-7-6-8-15(2)20(14)24-21-18-12-11-17(13-18)19(21)23-22(24)16-9-4-3-5-10-16;1-12-7-6-11-9(12)8-4-2-3-5-10-8;/h3-9,17-18H,11-13H2,1-2H3;2-7H,1H3;/q-1;;+2. The summed E-state index contributed by atoms with van der Waals surface area (Å²) in [7, 11) is 1.96. The first-order chi connectivity index (χ1) is 17.6. The second-order valence-electron chi connectivity index (χ2n) is 9.84. The van der Waals surface area contributed by atoms with Crippen LogP contribution in [-0.2, 0) is 28.1 Å². The van der Waals surface area contributed by atoms with Gasteiger partial charge in [-0.15, -0.1) is 35.9 Å². The predicted molar refractivity (Wildman–Crippen MR) is 141 cm³/mol. The van der Waals surface area contributed by atoms with Gasteiger partial charge >= 0.3 is 21.1 Å². The minimum absolute atomic E-state index is 0. The molecule has 0 spiro atoms. The van der Waals surface area contributed by atoms with Crippen LogP contribution in [0.4, 0.5) is 0 Å².